The van der Waals surface area contributed by atoms with Crippen LogP contribution >= 0.6 is 0 Å². The molecule has 2 heterocycles. The highest BCUT2D eigenvalue weighted by Crippen LogP contribution is 2.23. The zero-order valence-corrected chi connectivity index (χ0v) is 17.4. The normalized spacial score (nSPS) is 15.1. The standard InChI is InChI=1S/C22H25N5O4/c1-25(20(15-26-11-5-6-12-26)16-7-3-2-4-8-16)21(28)14-23-22(29)17-9-10-19-18(13-17)24-31-27(19)30/h2-4,7-10,13,20H,5-6,11-12,14-15H2,1H3,(H,23,29)/t20-/m1/s1. The highest BCUT2D eigenvalue weighted by Gasteiger charge is 2.26. The Morgan fingerprint density at radius 1 is 1.23 bits per heavy atom. The second-order valence-electron chi connectivity index (χ2n) is 7.76. The van der Waals surface area contributed by atoms with E-state index in [1.54, 1.807) is 11.9 Å². The molecule has 0 bridgehead atoms. The van der Waals surface area contributed by atoms with E-state index in [1.165, 1.54) is 31.0 Å². The molecule has 1 saturated heterocycles. The van der Waals surface area contributed by atoms with E-state index in [0.29, 0.717) is 5.56 Å². The number of carbonyl (C=O) groups is 2. The van der Waals surface area contributed by atoms with E-state index >= 15 is 0 Å². The van der Waals surface area contributed by atoms with Crippen LogP contribution in [0.3, 0.4) is 0 Å². The molecule has 1 aliphatic rings. The topological polar surface area (TPSA) is 106 Å². The summed E-state index contributed by atoms with van der Waals surface area (Å²) in [5, 5.41) is 17.7. The lowest BCUT2D eigenvalue weighted by atomic mass is 10.0. The molecule has 9 nitrogen and oxygen atoms in total. The van der Waals surface area contributed by atoms with Crippen molar-refractivity contribution < 1.29 is 19.1 Å². The van der Waals surface area contributed by atoms with Gasteiger partial charge in [0.2, 0.25) is 16.9 Å². The molecule has 1 aromatic heterocycles. The number of amides is 2. The Morgan fingerprint density at radius 2 is 1.97 bits per heavy atom. The van der Waals surface area contributed by atoms with E-state index in [4.69, 9.17) is 0 Å². The number of hydrogen-bond donors (Lipinski definition) is 1. The number of nitrogens with one attached hydrogen (secondary N) is 1. The van der Waals surface area contributed by atoms with Crippen molar-refractivity contribution >= 4 is 22.8 Å². The molecule has 1 N–H and O–H groups in total. The molecule has 0 aliphatic carbocycles. The first-order chi connectivity index (χ1) is 15.0. The number of nitrogens with zero attached hydrogens (tertiary/aromatic N) is 4. The van der Waals surface area contributed by atoms with Crippen LogP contribution in [0, 0.1) is 5.21 Å². The van der Waals surface area contributed by atoms with Crippen LogP contribution in [-0.4, -0.2) is 60.0 Å². The van der Waals surface area contributed by atoms with Gasteiger partial charge < -0.3 is 20.3 Å². The average molecular weight is 423 g/mol. The van der Waals surface area contributed by atoms with E-state index in [2.05, 4.69) is 20.0 Å². The zero-order chi connectivity index (χ0) is 21.8. The summed E-state index contributed by atoms with van der Waals surface area (Å²) in [7, 11) is 1.77. The van der Waals surface area contributed by atoms with Crippen molar-refractivity contribution in [3.8, 4) is 0 Å². The van der Waals surface area contributed by atoms with Crippen LogP contribution in [0.15, 0.2) is 53.2 Å². The van der Waals surface area contributed by atoms with E-state index in [-0.39, 0.29) is 34.4 Å². The summed E-state index contributed by atoms with van der Waals surface area (Å²) in [6.07, 6.45) is 2.36. The second-order valence-corrected chi connectivity index (χ2v) is 7.76. The minimum atomic E-state index is -0.417. The number of carbonyl (C=O) groups excluding carboxylic acids is 2. The summed E-state index contributed by atoms with van der Waals surface area (Å²) in [6.45, 7) is 2.71. The smallest absolute Gasteiger partial charge is 0.251 e. The molecule has 2 aromatic carbocycles. The number of fused-ring (bicyclic) bond motifs is 1. The van der Waals surface area contributed by atoms with Crippen molar-refractivity contribution in [3.05, 3.63) is 64.9 Å². The van der Waals surface area contributed by atoms with Crippen LogP contribution in [-0.2, 0) is 4.79 Å². The van der Waals surface area contributed by atoms with Gasteiger partial charge in [-0.3, -0.25) is 14.2 Å². The fourth-order valence-electron chi connectivity index (χ4n) is 3.91. The van der Waals surface area contributed by atoms with Crippen LogP contribution in [0.4, 0.5) is 0 Å². The SMILES string of the molecule is CN(C(=O)CNC(=O)c1ccc2c(c1)no[n+]2[O-])[C@H](CN1CCCC1)c1ccccc1. The molecule has 31 heavy (non-hydrogen) atoms. The van der Waals surface area contributed by atoms with Gasteiger partial charge in [0.1, 0.15) is 0 Å². The molecule has 162 valence electrons. The summed E-state index contributed by atoms with van der Waals surface area (Å²) >= 11 is 0. The summed E-state index contributed by atoms with van der Waals surface area (Å²) in [6, 6.07) is 14.3. The van der Waals surface area contributed by atoms with Gasteiger partial charge in [-0.25, -0.2) is 0 Å². The van der Waals surface area contributed by atoms with Crippen molar-refractivity contribution in [1.82, 2.24) is 20.3 Å². The predicted octanol–water partition coefficient (Wildman–Crippen LogP) is 1.49. The lowest BCUT2D eigenvalue weighted by Gasteiger charge is -2.32. The summed E-state index contributed by atoms with van der Waals surface area (Å²) < 4.78 is 4.52. The number of likely N-dealkylation sites (N-methyl/N-ethyl adjacent to an activating group) is 1. The molecule has 1 aliphatic heterocycles. The molecular formula is C22H25N5O4. The predicted molar refractivity (Wildman–Crippen MR) is 113 cm³/mol. The quantitative estimate of drug-likeness (QED) is 0.577. The number of hydrogen-bond acceptors (Lipinski definition) is 6. The van der Waals surface area contributed by atoms with E-state index in [0.717, 1.165) is 25.2 Å². The monoisotopic (exact) mass is 423 g/mol. The fraction of sp³-hybridized carbons (Fsp3) is 0.364. The fourth-order valence-corrected chi connectivity index (χ4v) is 3.91. The number of benzene rings is 2. The molecule has 0 spiro atoms. The van der Waals surface area contributed by atoms with Gasteiger partial charge in [0, 0.05) is 30.4 Å². The van der Waals surface area contributed by atoms with Gasteiger partial charge in [0.15, 0.2) is 0 Å². The molecule has 0 unspecified atom stereocenters. The number of rotatable bonds is 7. The maximum atomic E-state index is 12.9. The Kier molecular flexibility index (Phi) is 6.13. The highest BCUT2D eigenvalue weighted by atomic mass is 16.8. The van der Waals surface area contributed by atoms with Crippen molar-refractivity contribution in [2.75, 3.05) is 33.2 Å². The molecule has 2 amide bonds. The molecule has 0 radical (unpaired) electrons. The Labute approximate surface area is 179 Å². The third-order valence-electron chi connectivity index (χ3n) is 5.72. The zero-order valence-electron chi connectivity index (χ0n) is 17.4. The Hall–Kier alpha value is -3.46. The van der Waals surface area contributed by atoms with Crippen molar-refractivity contribution in [3.63, 3.8) is 0 Å². The van der Waals surface area contributed by atoms with Crippen molar-refractivity contribution in [2.45, 2.75) is 18.9 Å². The molecular weight excluding hydrogens is 398 g/mol. The molecule has 4 rings (SSSR count). The summed E-state index contributed by atoms with van der Waals surface area (Å²) in [5.41, 5.74) is 1.88. The van der Waals surface area contributed by atoms with Gasteiger partial charge in [-0.2, -0.15) is 0 Å². The first kappa shape index (κ1) is 20.8. The van der Waals surface area contributed by atoms with Crippen LogP contribution in [0.5, 0.6) is 0 Å². The van der Waals surface area contributed by atoms with E-state index < -0.39 is 5.91 Å². The second kappa shape index (κ2) is 9.13. The van der Waals surface area contributed by atoms with Gasteiger partial charge >= 0.3 is 0 Å². The molecule has 1 fully saturated rings. The summed E-state index contributed by atoms with van der Waals surface area (Å²) in [4.78, 5) is 29.8. The van der Waals surface area contributed by atoms with Crippen molar-refractivity contribution in [1.29, 1.82) is 0 Å². The molecule has 0 saturated carbocycles. The van der Waals surface area contributed by atoms with Crippen molar-refractivity contribution in [2.24, 2.45) is 0 Å². The maximum Gasteiger partial charge on any atom is 0.251 e. The van der Waals surface area contributed by atoms with Crippen LogP contribution in [0.25, 0.3) is 11.0 Å². The lowest BCUT2D eigenvalue weighted by molar-refractivity contribution is -0.782. The molecule has 1 atom stereocenters. The lowest BCUT2D eigenvalue weighted by Crippen LogP contribution is -2.43. The van der Waals surface area contributed by atoms with Crippen LogP contribution < -0.4 is 10.2 Å². The van der Waals surface area contributed by atoms with Gasteiger partial charge in [0.05, 0.1) is 12.6 Å². The third-order valence-corrected chi connectivity index (χ3v) is 5.72. The van der Waals surface area contributed by atoms with Gasteiger partial charge in [-0.15, -0.1) is 0 Å². The summed E-state index contributed by atoms with van der Waals surface area (Å²) in [5.74, 6) is -0.596. The third kappa shape index (κ3) is 4.66. The molecule has 3 aromatic rings. The van der Waals surface area contributed by atoms with E-state index in [9.17, 15) is 14.8 Å². The van der Waals surface area contributed by atoms with Gasteiger partial charge in [-0.05, 0) is 48.5 Å². The largest absolute Gasteiger partial charge is 0.359 e. The van der Waals surface area contributed by atoms with Crippen LogP contribution in [0.1, 0.15) is 34.8 Å². The van der Waals surface area contributed by atoms with Crippen LogP contribution in [0.2, 0.25) is 0 Å². The maximum absolute atomic E-state index is 12.9. The first-order valence-corrected chi connectivity index (χ1v) is 10.3. The number of aromatic nitrogens is 2. The Balaban J connectivity index is 1.41. The average Bonchev–Trinajstić information content (AvgIpc) is 3.45. The molecule has 9 heteroatoms. The van der Waals surface area contributed by atoms with Gasteiger partial charge in [0.25, 0.3) is 5.91 Å². The Bertz CT molecular complexity index is 1060. The number of likely N-dealkylation sites (tertiary alicyclic amines) is 1. The minimum Gasteiger partial charge on any atom is -0.359 e. The van der Waals surface area contributed by atoms with E-state index in [1.807, 2.05) is 30.3 Å². The first-order valence-electron chi connectivity index (χ1n) is 10.3. The Morgan fingerprint density at radius 3 is 2.71 bits per heavy atom. The highest BCUT2D eigenvalue weighted by molar-refractivity contribution is 5.98. The van der Waals surface area contributed by atoms with Gasteiger partial charge in [-0.1, -0.05) is 30.3 Å². The minimum absolute atomic E-state index is 0.0947.